The van der Waals surface area contributed by atoms with Crippen LogP contribution >= 0.6 is 0 Å². The number of rotatable bonds is 3. The van der Waals surface area contributed by atoms with Crippen LogP contribution in [-0.2, 0) is 4.74 Å². The average molecular weight is 389 g/mol. The molecule has 7 heteroatoms. The van der Waals surface area contributed by atoms with E-state index in [1.165, 1.54) is 16.8 Å². The molecule has 2 heterocycles. The van der Waals surface area contributed by atoms with E-state index < -0.39 is 0 Å². The fraction of sp³-hybridized carbons (Fsp3) is 0.619. The molecule has 1 N–H and O–H groups in total. The zero-order chi connectivity index (χ0) is 20.1. The third kappa shape index (κ3) is 4.88. The number of piperidine rings is 1. The van der Waals surface area contributed by atoms with Crippen molar-refractivity contribution in [1.82, 2.24) is 15.1 Å². The van der Waals surface area contributed by atoms with Gasteiger partial charge < -0.3 is 24.8 Å². The molecule has 7 nitrogen and oxygen atoms in total. The van der Waals surface area contributed by atoms with Gasteiger partial charge in [0.1, 0.15) is 0 Å². The normalized spacial score (nSPS) is 18.2. The average Bonchev–Trinajstić information content (AvgIpc) is 2.69. The number of ether oxygens (including phenoxy) is 1. The molecule has 2 aliphatic heterocycles. The van der Waals surface area contributed by atoms with Crippen LogP contribution in [0.5, 0.6) is 0 Å². The second-order valence-corrected chi connectivity index (χ2v) is 7.67. The third-order valence-corrected chi connectivity index (χ3v) is 5.61. The Morgan fingerprint density at radius 1 is 1.04 bits per heavy atom. The minimum Gasteiger partial charge on any atom is -0.450 e. The van der Waals surface area contributed by atoms with Gasteiger partial charge in [-0.3, -0.25) is 0 Å². The minimum atomic E-state index is -0.255. The highest BCUT2D eigenvalue weighted by atomic mass is 16.6. The van der Waals surface area contributed by atoms with Crippen molar-refractivity contribution in [3.63, 3.8) is 0 Å². The Bertz CT molecular complexity index is 693. The molecule has 0 atom stereocenters. The maximum atomic E-state index is 12.6. The van der Waals surface area contributed by atoms with Crippen LogP contribution in [0, 0.1) is 13.8 Å². The van der Waals surface area contributed by atoms with E-state index in [1.54, 1.807) is 4.90 Å². The molecule has 0 saturated carbocycles. The van der Waals surface area contributed by atoms with Crippen molar-refractivity contribution in [2.75, 3.05) is 50.8 Å². The predicted octanol–water partition coefficient (Wildman–Crippen LogP) is 2.76. The van der Waals surface area contributed by atoms with Crippen LogP contribution in [0.1, 0.15) is 30.9 Å². The fourth-order valence-electron chi connectivity index (χ4n) is 4.00. The van der Waals surface area contributed by atoms with Crippen molar-refractivity contribution in [2.24, 2.45) is 0 Å². The number of anilines is 1. The van der Waals surface area contributed by atoms with Crippen LogP contribution in [0.3, 0.4) is 0 Å². The molecular weight excluding hydrogens is 356 g/mol. The zero-order valence-corrected chi connectivity index (χ0v) is 17.2. The second kappa shape index (κ2) is 9.17. The number of piperazine rings is 1. The van der Waals surface area contributed by atoms with Gasteiger partial charge >= 0.3 is 12.1 Å². The largest absolute Gasteiger partial charge is 0.450 e. The first kappa shape index (κ1) is 20.3. The van der Waals surface area contributed by atoms with Gasteiger partial charge in [-0.05, 0) is 45.2 Å². The number of nitrogens with zero attached hydrogens (tertiary/aromatic N) is 3. The Morgan fingerprint density at radius 3 is 2.32 bits per heavy atom. The highest BCUT2D eigenvalue weighted by Crippen LogP contribution is 2.22. The molecule has 2 saturated heterocycles. The summed E-state index contributed by atoms with van der Waals surface area (Å²) < 4.78 is 5.04. The third-order valence-electron chi connectivity index (χ3n) is 5.61. The summed E-state index contributed by atoms with van der Waals surface area (Å²) in [6, 6.07) is 6.66. The number of benzene rings is 1. The molecule has 0 radical (unpaired) electrons. The van der Waals surface area contributed by atoms with Crippen molar-refractivity contribution in [2.45, 2.75) is 39.7 Å². The number of urea groups is 1. The van der Waals surface area contributed by atoms with Gasteiger partial charge in [-0.2, -0.15) is 0 Å². The van der Waals surface area contributed by atoms with E-state index in [0.29, 0.717) is 19.7 Å². The van der Waals surface area contributed by atoms with Crippen LogP contribution in [0.15, 0.2) is 18.2 Å². The molecule has 3 amide bonds. The highest BCUT2D eigenvalue weighted by molar-refractivity contribution is 5.75. The molecule has 3 rings (SSSR count). The zero-order valence-electron chi connectivity index (χ0n) is 17.2. The molecule has 0 bridgehead atoms. The smallest absolute Gasteiger partial charge is 0.409 e. The van der Waals surface area contributed by atoms with Gasteiger partial charge in [0.15, 0.2) is 0 Å². The standard InChI is InChI=1S/C21H32N4O3/c1-4-28-21(27)25-9-7-18(8-10-25)22-20(26)24-13-11-23(12-14-24)19-6-5-16(2)15-17(19)3/h5-6,15,18H,4,7-14H2,1-3H3,(H,22,26). The number of hydrogen-bond acceptors (Lipinski definition) is 4. The lowest BCUT2D eigenvalue weighted by Crippen LogP contribution is -2.55. The maximum Gasteiger partial charge on any atom is 0.409 e. The van der Waals surface area contributed by atoms with Gasteiger partial charge in [0, 0.05) is 51.0 Å². The molecule has 2 aliphatic rings. The molecule has 154 valence electrons. The number of hydrogen-bond donors (Lipinski definition) is 1. The van der Waals surface area contributed by atoms with Crippen molar-refractivity contribution < 1.29 is 14.3 Å². The number of aryl methyl sites for hydroxylation is 2. The van der Waals surface area contributed by atoms with Gasteiger partial charge in [0.25, 0.3) is 0 Å². The number of likely N-dealkylation sites (tertiary alicyclic amines) is 1. The molecule has 0 aliphatic carbocycles. The monoisotopic (exact) mass is 388 g/mol. The number of nitrogens with one attached hydrogen (secondary N) is 1. The summed E-state index contributed by atoms with van der Waals surface area (Å²) in [5.74, 6) is 0. The molecule has 0 spiro atoms. The Hall–Kier alpha value is -2.44. The van der Waals surface area contributed by atoms with Crippen molar-refractivity contribution in [1.29, 1.82) is 0 Å². The summed E-state index contributed by atoms with van der Waals surface area (Å²) in [5, 5.41) is 3.14. The van der Waals surface area contributed by atoms with Gasteiger partial charge in [-0.1, -0.05) is 17.7 Å². The van der Waals surface area contributed by atoms with Gasteiger partial charge in [-0.25, -0.2) is 9.59 Å². The van der Waals surface area contributed by atoms with E-state index in [9.17, 15) is 9.59 Å². The van der Waals surface area contributed by atoms with E-state index in [2.05, 4.69) is 42.3 Å². The van der Waals surface area contributed by atoms with E-state index >= 15 is 0 Å². The lowest BCUT2D eigenvalue weighted by Gasteiger charge is -2.38. The first-order valence-electron chi connectivity index (χ1n) is 10.3. The summed E-state index contributed by atoms with van der Waals surface area (Å²) in [6.07, 6.45) is 1.29. The summed E-state index contributed by atoms with van der Waals surface area (Å²) in [7, 11) is 0. The predicted molar refractivity (Wildman–Crippen MR) is 110 cm³/mol. The minimum absolute atomic E-state index is 0.00913. The van der Waals surface area contributed by atoms with E-state index in [-0.39, 0.29) is 18.2 Å². The molecule has 1 aromatic rings. The Kier molecular flexibility index (Phi) is 6.65. The van der Waals surface area contributed by atoms with Gasteiger partial charge in [0.05, 0.1) is 6.61 Å². The molecular formula is C21H32N4O3. The van der Waals surface area contributed by atoms with Crippen LogP contribution < -0.4 is 10.2 Å². The first-order chi connectivity index (χ1) is 13.5. The quantitative estimate of drug-likeness (QED) is 0.865. The number of carbonyl (C=O) groups excluding carboxylic acids is 2. The highest BCUT2D eigenvalue weighted by Gasteiger charge is 2.27. The molecule has 0 aromatic heterocycles. The summed E-state index contributed by atoms with van der Waals surface area (Å²) in [5.41, 5.74) is 3.82. The SMILES string of the molecule is CCOC(=O)N1CCC(NC(=O)N2CCN(c3ccc(C)cc3C)CC2)CC1. The van der Waals surface area contributed by atoms with Crippen LogP contribution in [-0.4, -0.2) is 73.8 Å². The molecule has 0 unspecified atom stereocenters. The maximum absolute atomic E-state index is 12.6. The summed E-state index contributed by atoms with van der Waals surface area (Å²) >= 11 is 0. The van der Waals surface area contributed by atoms with Crippen molar-refractivity contribution in [3.8, 4) is 0 Å². The Labute approximate surface area is 167 Å². The van der Waals surface area contributed by atoms with Crippen LogP contribution in [0.25, 0.3) is 0 Å². The number of amides is 3. The Balaban J connectivity index is 1.44. The second-order valence-electron chi connectivity index (χ2n) is 7.67. The molecule has 28 heavy (non-hydrogen) atoms. The first-order valence-corrected chi connectivity index (χ1v) is 10.3. The molecule has 2 fully saturated rings. The van der Waals surface area contributed by atoms with E-state index in [1.807, 2.05) is 11.8 Å². The fourth-order valence-corrected chi connectivity index (χ4v) is 4.00. The van der Waals surface area contributed by atoms with E-state index in [4.69, 9.17) is 4.74 Å². The van der Waals surface area contributed by atoms with Crippen LogP contribution in [0.4, 0.5) is 15.3 Å². The summed E-state index contributed by atoms with van der Waals surface area (Å²) in [6.45, 7) is 10.8. The lowest BCUT2D eigenvalue weighted by molar-refractivity contribution is 0.0950. The van der Waals surface area contributed by atoms with Gasteiger partial charge in [-0.15, -0.1) is 0 Å². The van der Waals surface area contributed by atoms with Gasteiger partial charge in [0.2, 0.25) is 0 Å². The Morgan fingerprint density at radius 2 is 1.71 bits per heavy atom. The van der Waals surface area contributed by atoms with Crippen molar-refractivity contribution in [3.05, 3.63) is 29.3 Å². The summed E-state index contributed by atoms with van der Waals surface area (Å²) in [4.78, 5) is 30.4. The molecule has 1 aromatic carbocycles. The van der Waals surface area contributed by atoms with E-state index in [0.717, 1.165) is 39.0 Å². The van der Waals surface area contributed by atoms with Crippen molar-refractivity contribution >= 4 is 17.8 Å². The topological polar surface area (TPSA) is 65.1 Å². The lowest BCUT2D eigenvalue weighted by atomic mass is 10.1. The van der Waals surface area contributed by atoms with Crippen LogP contribution in [0.2, 0.25) is 0 Å². The number of carbonyl (C=O) groups is 2.